The van der Waals surface area contributed by atoms with Gasteiger partial charge >= 0.3 is 5.97 Å². The topological polar surface area (TPSA) is 77.9 Å². The van der Waals surface area contributed by atoms with Gasteiger partial charge in [0.1, 0.15) is 6.04 Å². The minimum atomic E-state index is -0.983. The zero-order chi connectivity index (χ0) is 14.7. The van der Waals surface area contributed by atoms with Gasteiger partial charge in [-0.1, -0.05) is 6.07 Å². The maximum Gasteiger partial charge on any atom is 0.326 e. The Morgan fingerprint density at radius 1 is 1.50 bits per heavy atom. The highest BCUT2D eigenvalue weighted by Crippen LogP contribution is 2.18. The molecular weight excluding hydrogens is 280 g/mol. The third-order valence-electron chi connectivity index (χ3n) is 3.31. The second-order valence-electron chi connectivity index (χ2n) is 4.72. The van der Waals surface area contributed by atoms with Crippen molar-refractivity contribution in [3.05, 3.63) is 22.4 Å². The number of hydrogen-bond donors (Lipinski definition) is 1. The lowest BCUT2D eigenvalue weighted by atomic mass is 10.2. The van der Waals surface area contributed by atoms with Gasteiger partial charge in [-0.25, -0.2) is 4.79 Å². The second kappa shape index (κ2) is 6.04. The third-order valence-corrected chi connectivity index (χ3v) is 4.17. The van der Waals surface area contributed by atoms with Crippen molar-refractivity contribution in [1.29, 1.82) is 0 Å². The van der Waals surface area contributed by atoms with Crippen molar-refractivity contribution in [2.45, 2.75) is 18.9 Å². The zero-order valence-corrected chi connectivity index (χ0v) is 11.9. The lowest BCUT2D eigenvalue weighted by molar-refractivity contribution is -0.148. The van der Waals surface area contributed by atoms with Gasteiger partial charge in [0, 0.05) is 13.6 Å². The molecule has 2 heterocycles. The molecule has 1 atom stereocenters. The Bertz CT molecular complexity index is 514. The first kappa shape index (κ1) is 14.5. The monoisotopic (exact) mass is 296 g/mol. The molecule has 0 aliphatic carbocycles. The molecule has 1 saturated heterocycles. The number of carbonyl (C=O) groups excluding carboxylic acids is 2. The molecule has 1 aliphatic heterocycles. The molecule has 0 radical (unpaired) electrons. The van der Waals surface area contributed by atoms with Crippen LogP contribution in [0.4, 0.5) is 0 Å². The number of rotatable bonds is 4. The number of likely N-dealkylation sites (tertiary alicyclic amines) is 1. The van der Waals surface area contributed by atoms with E-state index in [9.17, 15) is 14.4 Å². The molecule has 1 aromatic rings. The van der Waals surface area contributed by atoms with E-state index in [-0.39, 0.29) is 18.4 Å². The van der Waals surface area contributed by atoms with Crippen molar-refractivity contribution in [3.8, 4) is 0 Å². The molecular formula is C13H16N2O4S. The number of likely N-dealkylation sites (N-methyl/N-ethyl adjacent to an activating group) is 1. The fourth-order valence-corrected chi connectivity index (χ4v) is 2.99. The molecule has 1 aliphatic rings. The second-order valence-corrected chi connectivity index (χ2v) is 5.67. The van der Waals surface area contributed by atoms with Crippen LogP contribution in [0.25, 0.3) is 0 Å². The average Bonchev–Trinajstić information content (AvgIpc) is 3.08. The predicted molar refractivity (Wildman–Crippen MR) is 73.7 cm³/mol. The summed E-state index contributed by atoms with van der Waals surface area (Å²) in [4.78, 5) is 38.4. The minimum Gasteiger partial charge on any atom is -0.480 e. The van der Waals surface area contributed by atoms with E-state index in [1.54, 1.807) is 24.6 Å². The number of thiophene rings is 1. The van der Waals surface area contributed by atoms with Gasteiger partial charge in [-0.3, -0.25) is 9.59 Å². The number of nitrogens with zero attached hydrogens (tertiary/aromatic N) is 2. The number of hydrogen-bond acceptors (Lipinski definition) is 4. The van der Waals surface area contributed by atoms with Crippen LogP contribution in [-0.4, -0.2) is 58.9 Å². The molecule has 2 rings (SSSR count). The fourth-order valence-electron chi connectivity index (χ4n) is 2.28. The van der Waals surface area contributed by atoms with E-state index in [0.717, 1.165) is 0 Å². The maximum atomic E-state index is 12.1. The molecule has 1 N–H and O–H groups in total. The summed E-state index contributed by atoms with van der Waals surface area (Å²) in [5, 5.41) is 10.8. The predicted octanol–water partition coefficient (Wildman–Crippen LogP) is 0.896. The van der Waals surface area contributed by atoms with E-state index < -0.39 is 12.0 Å². The quantitative estimate of drug-likeness (QED) is 0.895. The first-order valence-corrected chi connectivity index (χ1v) is 7.20. The average molecular weight is 296 g/mol. The van der Waals surface area contributed by atoms with Gasteiger partial charge < -0.3 is 14.9 Å². The van der Waals surface area contributed by atoms with Gasteiger partial charge in [-0.15, -0.1) is 11.3 Å². The normalized spacial score (nSPS) is 18.1. The van der Waals surface area contributed by atoms with Crippen LogP contribution < -0.4 is 0 Å². The van der Waals surface area contributed by atoms with Crippen LogP contribution in [0, 0.1) is 0 Å². The summed E-state index contributed by atoms with van der Waals surface area (Å²) < 4.78 is 0. The number of aliphatic carboxylic acids is 1. The number of carbonyl (C=O) groups is 3. The minimum absolute atomic E-state index is 0.0967. The van der Waals surface area contributed by atoms with Crippen molar-refractivity contribution in [2.75, 3.05) is 20.1 Å². The molecule has 1 fully saturated rings. The maximum absolute atomic E-state index is 12.1. The van der Waals surface area contributed by atoms with Crippen LogP contribution in [0.15, 0.2) is 17.5 Å². The Balaban J connectivity index is 1.97. The summed E-state index contributed by atoms with van der Waals surface area (Å²) in [5.41, 5.74) is 0. The molecule has 2 amide bonds. The fraction of sp³-hybridized carbons (Fsp3) is 0.462. The lowest BCUT2D eigenvalue weighted by Crippen LogP contribution is -2.45. The van der Waals surface area contributed by atoms with Gasteiger partial charge in [-0.2, -0.15) is 0 Å². The molecule has 7 heteroatoms. The highest BCUT2D eigenvalue weighted by molar-refractivity contribution is 7.12. The summed E-state index contributed by atoms with van der Waals surface area (Å²) in [6.07, 6.45) is 1.16. The van der Waals surface area contributed by atoms with Gasteiger partial charge in [-0.05, 0) is 24.3 Å². The summed E-state index contributed by atoms with van der Waals surface area (Å²) in [6.45, 7) is 0.345. The Kier molecular flexibility index (Phi) is 4.39. The van der Waals surface area contributed by atoms with E-state index in [4.69, 9.17) is 5.11 Å². The van der Waals surface area contributed by atoms with Crippen molar-refractivity contribution >= 4 is 29.1 Å². The SMILES string of the molecule is CN(CC(=O)N1CCC[C@@H]1C(=O)O)C(=O)c1cccs1. The van der Waals surface area contributed by atoms with Crippen molar-refractivity contribution in [1.82, 2.24) is 9.80 Å². The Hall–Kier alpha value is -1.89. The van der Waals surface area contributed by atoms with Crippen LogP contribution in [0.1, 0.15) is 22.5 Å². The van der Waals surface area contributed by atoms with E-state index in [1.165, 1.54) is 21.1 Å². The molecule has 20 heavy (non-hydrogen) atoms. The van der Waals surface area contributed by atoms with Crippen molar-refractivity contribution in [3.63, 3.8) is 0 Å². The first-order valence-electron chi connectivity index (χ1n) is 6.32. The zero-order valence-electron chi connectivity index (χ0n) is 11.1. The van der Waals surface area contributed by atoms with Gasteiger partial charge in [0.2, 0.25) is 5.91 Å². The standard InChI is InChI=1S/C13H16N2O4S/c1-14(12(17)10-5-3-7-20-10)8-11(16)15-6-2-4-9(15)13(18)19/h3,5,7,9H,2,4,6,8H2,1H3,(H,18,19)/t9-/m1/s1. The van der Waals surface area contributed by atoms with Crippen molar-refractivity contribution < 1.29 is 19.5 Å². The molecule has 1 aromatic heterocycles. The van der Waals surface area contributed by atoms with Crippen LogP contribution >= 0.6 is 11.3 Å². The van der Waals surface area contributed by atoms with E-state index >= 15 is 0 Å². The smallest absolute Gasteiger partial charge is 0.326 e. The van der Waals surface area contributed by atoms with Gasteiger partial charge in [0.15, 0.2) is 0 Å². The summed E-state index contributed by atoms with van der Waals surface area (Å²) in [5.74, 6) is -1.52. The first-order chi connectivity index (χ1) is 9.50. The number of amides is 2. The van der Waals surface area contributed by atoms with E-state index in [2.05, 4.69) is 0 Å². The summed E-state index contributed by atoms with van der Waals surface area (Å²) in [7, 11) is 1.55. The van der Waals surface area contributed by atoms with Crippen LogP contribution in [-0.2, 0) is 9.59 Å². The molecule has 0 aromatic carbocycles. The highest BCUT2D eigenvalue weighted by atomic mass is 32.1. The largest absolute Gasteiger partial charge is 0.480 e. The molecule has 0 spiro atoms. The molecule has 6 nitrogen and oxygen atoms in total. The van der Waals surface area contributed by atoms with E-state index in [1.807, 2.05) is 0 Å². The Labute approximate surface area is 120 Å². The van der Waals surface area contributed by atoms with Crippen LogP contribution in [0.2, 0.25) is 0 Å². The lowest BCUT2D eigenvalue weighted by Gasteiger charge is -2.24. The number of carboxylic acid groups (broad SMARTS) is 1. The molecule has 108 valence electrons. The highest BCUT2D eigenvalue weighted by Gasteiger charge is 2.34. The third kappa shape index (κ3) is 2.98. The molecule has 0 unspecified atom stereocenters. The molecule has 0 bridgehead atoms. The van der Waals surface area contributed by atoms with Gasteiger partial charge in [0.25, 0.3) is 5.91 Å². The van der Waals surface area contributed by atoms with E-state index in [0.29, 0.717) is 24.3 Å². The Morgan fingerprint density at radius 2 is 2.25 bits per heavy atom. The summed E-state index contributed by atoms with van der Waals surface area (Å²) >= 11 is 1.31. The van der Waals surface area contributed by atoms with Gasteiger partial charge in [0.05, 0.1) is 11.4 Å². The molecule has 0 saturated carbocycles. The van der Waals surface area contributed by atoms with Crippen LogP contribution in [0.5, 0.6) is 0 Å². The van der Waals surface area contributed by atoms with Crippen molar-refractivity contribution in [2.24, 2.45) is 0 Å². The van der Waals surface area contributed by atoms with Crippen LogP contribution in [0.3, 0.4) is 0 Å². The Morgan fingerprint density at radius 3 is 2.85 bits per heavy atom. The number of carboxylic acids is 1. The summed E-state index contributed by atoms with van der Waals surface area (Å²) in [6, 6.07) is 2.71.